The van der Waals surface area contributed by atoms with Crippen molar-refractivity contribution in [1.29, 1.82) is 0 Å². The summed E-state index contributed by atoms with van der Waals surface area (Å²) in [6, 6.07) is -1.08. The molecule has 3 saturated heterocycles. The number of carbonyl (C=O) groups excluding carboxylic acids is 1. The van der Waals surface area contributed by atoms with E-state index >= 15 is 0 Å². The number of hydroxylamine groups is 2. The highest BCUT2D eigenvalue weighted by atomic mass is 16.8. The summed E-state index contributed by atoms with van der Waals surface area (Å²) in [5.41, 5.74) is 0. The maximum Gasteiger partial charge on any atom is 0.285 e. The van der Waals surface area contributed by atoms with Crippen LogP contribution in [0.1, 0.15) is 39.0 Å². The number of hydrogen-bond acceptors (Lipinski definition) is 5. The fourth-order valence-electron chi connectivity index (χ4n) is 3.83. The highest BCUT2D eigenvalue weighted by molar-refractivity contribution is 5.82. The van der Waals surface area contributed by atoms with Gasteiger partial charge in [-0.05, 0) is 12.8 Å². The maximum atomic E-state index is 12.6. The molecule has 120 valence electrons. The summed E-state index contributed by atoms with van der Waals surface area (Å²) in [5, 5.41) is 19.9. The van der Waals surface area contributed by atoms with Crippen molar-refractivity contribution in [3.05, 3.63) is 5.21 Å². The second-order valence-electron chi connectivity index (χ2n) is 6.25. The SMILES string of the molecule is CCCCCCN1C(=O)C([NH+]([O-])O)C2CC1C1OCC2O1. The molecule has 3 rings (SSSR count). The first-order valence-corrected chi connectivity index (χ1v) is 7.93. The minimum Gasteiger partial charge on any atom is -0.599 e. The van der Waals surface area contributed by atoms with Crippen LogP contribution in [0.15, 0.2) is 0 Å². The normalized spacial score (nSPS) is 39.7. The average molecular weight is 300 g/mol. The van der Waals surface area contributed by atoms with Gasteiger partial charge in [0.1, 0.15) is 0 Å². The van der Waals surface area contributed by atoms with E-state index in [-0.39, 0.29) is 30.3 Å². The van der Waals surface area contributed by atoms with E-state index in [0.29, 0.717) is 19.6 Å². The summed E-state index contributed by atoms with van der Waals surface area (Å²) in [6.07, 6.45) is 4.32. The van der Waals surface area contributed by atoms with Crippen LogP contribution in [-0.4, -0.2) is 53.6 Å². The van der Waals surface area contributed by atoms with Crippen LogP contribution in [0.3, 0.4) is 0 Å². The fourth-order valence-corrected chi connectivity index (χ4v) is 3.83. The van der Waals surface area contributed by atoms with Crippen LogP contribution in [0.4, 0.5) is 0 Å². The lowest BCUT2D eigenvalue weighted by atomic mass is 9.81. The third-order valence-corrected chi connectivity index (χ3v) is 4.94. The van der Waals surface area contributed by atoms with Gasteiger partial charge >= 0.3 is 0 Å². The number of quaternary nitrogens is 1. The molecule has 0 radical (unpaired) electrons. The van der Waals surface area contributed by atoms with Crippen molar-refractivity contribution < 1.29 is 24.7 Å². The number of nitrogens with one attached hydrogen (secondary N) is 1. The number of hydrogen-bond donors (Lipinski definition) is 2. The van der Waals surface area contributed by atoms with E-state index in [1.54, 1.807) is 4.90 Å². The molecule has 7 heteroatoms. The number of piperidine rings is 1. The van der Waals surface area contributed by atoms with Crippen LogP contribution < -0.4 is 5.23 Å². The molecule has 3 aliphatic rings. The topological polar surface area (TPSA) is 86.5 Å². The van der Waals surface area contributed by atoms with Crippen molar-refractivity contribution >= 4 is 5.91 Å². The molecule has 0 aromatic carbocycles. The van der Waals surface area contributed by atoms with Crippen LogP contribution >= 0.6 is 0 Å². The van der Waals surface area contributed by atoms with Crippen LogP contribution in [0.5, 0.6) is 0 Å². The lowest BCUT2D eigenvalue weighted by molar-refractivity contribution is -1.06. The molecular weight excluding hydrogens is 276 g/mol. The van der Waals surface area contributed by atoms with Gasteiger partial charge in [-0.3, -0.25) is 4.79 Å². The number of amides is 1. The molecular formula is C14H24N2O5. The quantitative estimate of drug-likeness (QED) is 0.518. The van der Waals surface area contributed by atoms with Crippen molar-refractivity contribution in [2.75, 3.05) is 13.2 Å². The van der Waals surface area contributed by atoms with E-state index in [1.807, 2.05) is 0 Å². The van der Waals surface area contributed by atoms with Gasteiger partial charge in [-0.2, -0.15) is 0 Å². The minimum absolute atomic E-state index is 0.113. The zero-order valence-corrected chi connectivity index (χ0v) is 12.4. The van der Waals surface area contributed by atoms with Gasteiger partial charge in [0.15, 0.2) is 6.29 Å². The average Bonchev–Trinajstić information content (AvgIpc) is 2.88. The van der Waals surface area contributed by atoms with Crippen LogP contribution in [0, 0.1) is 11.1 Å². The zero-order chi connectivity index (χ0) is 15.0. The summed E-state index contributed by atoms with van der Waals surface area (Å²) in [6.45, 7) is 3.15. The summed E-state index contributed by atoms with van der Waals surface area (Å²) in [5.74, 6) is -0.491. The van der Waals surface area contributed by atoms with Gasteiger partial charge in [-0.15, -0.1) is 0 Å². The van der Waals surface area contributed by atoms with E-state index in [2.05, 4.69) is 6.92 Å². The third-order valence-electron chi connectivity index (χ3n) is 4.94. The lowest BCUT2D eigenvalue weighted by Gasteiger charge is -2.48. The first kappa shape index (κ1) is 15.2. The maximum absolute atomic E-state index is 12.6. The van der Waals surface area contributed by atoms with Crippen molar-refractivity contribution in [3.63, 3.8) is 0 Å². The van der Waals surface area contributed by atoms with Crippen molar-refractivity contribution in [1.82, 2.24) is 4.90 Å². The Balaban J connectivity index is 1.73. The Morgan fingerprint density at radius 1 is 1.43 bits per heavy atom. The molecule has 0 saturated carbocycles. The molecule has 3 heterocycles. The summed E-state index contributed by atoms with van der Waals surface area (Å²) >= 11 is 0. The van der Waals surface area contributed by atoms with Gasteiger partial charge in [0.2, 0.25) is 6.04 Å². The van der Waals surface area contributed by atoms with E-state index in [1.165, 1.54) is 0 Å². The first-order chi connectivity index (χ1) is 10.1. The lowest BCUT2D eigenvalue weighted by Crippen LogP contribution is -3.12. The van der Waals surface area contributed by atoms with E-state index in [9.17, 15) is 15.2 Å². The molecule has 6 unspecified atom stereocenters. The van der Waals surface area contributed by atoms with E-state index in [4.69, 9.17) is 9.47 Å². The predicted octanol–water partition coefficient (Wildman–Crippen LogP) is -0.321. The van der Waals surface area contributed by atoms with E-state index < -0.39 is 11.3 Å². The Hall–Kier alpha value is -0.730. The molecule has 3 fully saturated rings. The Kier molecular flexibility index (Phi) is 4.46. The molecule has 0 aromatic heterocycles. The Morgan fingerprint density at radius 3 is 2.95 bits per heavy atom. The predicted molar refractivity (Wildman–Crippen MR) is 72.3 cm³/mol. The van der Waals surface area contributed by atoms with Crippen molar-refractivity contribution in [3.8, 4) is 0 Å². The van der Waals surface area contributed by atoms with Gasteiger partial charge in [-0.25, -0.2) is 10.4 Å². The van der Waals surface area contributed by atoms with Gasteiger partial charge in [0, 0.05) is 6.54 Å². The molecule has 7 nitrogen and oxygen atoms in total. The number of unbranched alkanes of at least 4 members (excludes halogenated alkanes) is 3. The minimum atomic E-state index is -1.03. The number of ether oxygens (including phenoxy) is 2. The molecule has 0 aliphatic carbocycles. The molecule has 2 N–H and O–H groups in total. The fraction of sp³-hybridized carbons (Fsp3) is 0.929. The number of fused-ring (bicyclic) bond motifs is 6. The largest absolute Gasteiger partial charge is 0.599 e. The number of rotatable bonds is 6. The highest BCUT2D eigenvalue weighted by Gasteiger charge is 2.58. The summed E-state index contributed by atoms with van der Waals surface area (Å²) in [4.78, 5) is 14.3. The smallest absolute Gasteiger partial charge is 0.285 e. The second-order valence-corrected chi connectivity index (χ2v) is 6.25. The summed E-state index contributed by atoms with van der Waals surface area (Å²) < 4.78 is 11.4. The van der Waals surface area contributed by atoms with Gasteiger partial charge in [0.25, 0.3) is 5.91 Å². The van der Waals surface area contributed by atoms with Crippen LogP contribution in [-0.2, 0) is 14.3 Å². The third kappa shape index (κ3) is 2.68. The molecule has 0 spiro atoms. The van der Waals surface area contributed by atoms with Gasteiger partial charge in [0.05, 0.1) is 24.7 Å². The molecule has 0 aromatic rings. The number of carbonyl (C=O) groups is 1. The van der Waals surface area contributed by atoms with Crippen molar-refractivity contribution in [2.45, 2.75) is 63.5 Å². The Bertz CT molecular complexity index is 392. The van der Waals surface area contributed by atoms with Crippen molar-refractivity contribution in [2.24, 2.45) is 5.92 Å². The standard InChI is InChI=1S/C14H24N2O5/c1-2-3-4-5-6-15-10-7-9(11-8-20-14(10)21-11)12(13(15)17)16(18)19/h9-12,14,16,18H,2-8H2,1H3. The summed E-state index contributed by atoms with van der Waals surface area (Å²) in [7, 11) is 0. The second kappa shape index (κ2) is 6.18. The van der Waals surface area contributed by atoms with Gasteiger partial charge < -0.3 is 19.6 Å². The van der Waals surface area contributed by atoms with Crippen LogP contribution in [0.2, 0.25) is 0 Å². The molecule has 6 atom stereocenters. The Morgan fingerprint density at radius 2 is 2.24 bits per heavy atom. The van der Waals surface area contributed by atoms with Gasteiger partial charge in [-0.1, -0.05) is 26.2 Å². The van der Waals surface area contributed by atoms with E-state index in [0.717, 1.165) is 25.7 Å². The number of nitrogens with zero attached hydrogens (tertiary/aromatic N) is 1. The zero-order valence-electron chi connectivity index (χ0n) is 12.4. The highest BCUT2D eigenvalue weighted by Crippen LogP contribution is 2.39. The molecule has 21 heavy (non-hydrogen) atoms. The van der Waals surface area contributed by atoms with Crippen LogP contribution in [0.25, 0.3) is 0 Å². The molecule has 1 amide bonds. The number of likely N-dealkylation sites (tertiary alicyclic amines) is 1. The molecule has 3 aliphatic heterocycles. The first-order valence-electron chi connectivity index (χ1n) is 7.93. The Labute approximate surface area is 124 Å². The monoisotopic (exact) mass is 300 g/mol. The molecule has 4 bridgehead atoms.